The molecule has 3 heterocycles. The van der Waals surface area contributed by atoms with Gasteiger partial charge in [0.15, 0.2) is 0 Å². The highest BCUT2D eigenvalue weighted by Gasteiger charge is 2.48. The number of nitrogens with zero attached hydrogens (tertiary/aromatic N) is 3. The summed E-state index contributed by atoms with van der Waals surface area (Å²) in [5.74, 6) is -0.406. The number of carbonyl (C=O) groups excluding carboxylic acids is 1. The Kier molecular flexibility index (Phi) is 3.77. The van der Waals surface area contributed by atoms with E-state index in [1.807, 2.05) is 0 Å². The molecule has 0 bridgehead atoms. The fourth-order valence-corrected chi connectivity index (χ4v) is 2.96. The second kappa shape index (κ2) is 5.57. The number of hydrogen-bond donors (Lipinski definition) is 2. The zero-order valence-corrected chi connectivity index (χ0v) is 13.3. The van der Waals surface area contributed by atoms with Gasteiger partial charge in [-0.25, -0.2) is 9.97 Å². The van der Waals surface area contributed by atoms with Crippen molar-refractivity contribution in [2.75, 3.05) is 5.32 Å². The van der Waals surface area contributed by atoms with Crippen LogP contribution in [0.3, 0.4) is 0 Å². The van der Waals surface area contributed by atoms with Crippen LogP contribution in [0.4, 0.5) is 24.7 Å². The Morgan fingerprint density at radius 1 is 1.36 bits per heavy atom. The van der Waals surface area contributed by atoms with Gasteiger partial charge in [-0.2, -0.15) is 13.2 Å². The van der Waals surface area contributed by atoms with Crippen molar-refractivity contribution in [2.24, 2.45) is 0 Å². The van der Waals surface area contributed by atoms with Gasteiger partial charge in [-0.3, -0.25) is 14.2 Å². The standard InChI is InChI=1S/C15H14F3N5O2/c1-8-5-9(21-10-3-4-19-7-20-10)13(25)23-11(8)12(24)22-14(23,2)6-15(16,17)18/h3-5,7H,6H2,1-2H3,(H,22,24)(H,19,20,21). The minimum absolute atomic E-state index is 0.0184. The zero-order chi connectivity index (χ0) is 18.4. The van der Waals surface area contributed by atoms with Crippen molar-refractivity contribution in [3.05, 3.63) is 46.3 Å². The Morgan fingerprint density at radius 2 is 2.08 bits per heavy atom. The maximum atomic E-state index is 13.0. The molecule has 1 aliphatic heterocycles. The molecule has 0 spiro atoms. The smallest absolute Gasteiger partial charge is 0.336 e. The number of halogens is 3. The molecular weight excluding hydrogens is 339 g/mol. The largest absolute Gasteiger partial charge is 0.393 e. The van der Waals surface area contributed by atoms with Crippen LogP contribution in [0, 0.1) is 6.92 Å². The van der Waals surface area contributed by atoms with Gasteiger partial charge < -0.3 is 10.6 Å². The normalized spacial score (nSPS) is 19.5. The molecule has 0 radical (unpaired) electrons. The van der Waals surface area contributed by atoms with Gasteiger partial charge in [0.2, 0.25) is 0 Å². The van der Waals surface area contributed by atoms with Crippen molar-refractivity contribution in [2.45, 2.75) is 32.1 Å². The fraction of sp³-hybridized carbons (Fsp3) is 0.333. The molecule has 25 heavy (non-hydrogen) atoms. The summed E-state index contributed by atoms with van der Waals surface area (Å²) in [7, 11) is 0. The highest BCUT2D eigenvalue weighted by atomic mass is 19.4. The monoisotopic (exact) mass is 353 g/mol. The topological polar surface area (TPSA) is 88.9 Å². The van der Waals surface area contributed by atoms with Gasteiger partial charge in [-0.05, 0) is 31.5 Å². The summed E-state index contributed by atoms with van der Waals surface area (Å²) in [5.41, 5.74) is -2.32. The lowest BCUT2D eigenvalue weighted by molar-refractivity contribution is -0.155. The predicted octanol–water partition coefficient (Wildman–Crippen LogP) is 2.06. The molecule has 1 unspecified atom stereocenters. The molecule has 0 saturated carbocycles. The van der Waals surface area contributed by atoms with E-state index in [2.05, 4.69) is 20.6 Å². The first kappa shape index (κ1) is 16.9. The molecule has 1 atom stereocenters. The van der Waals surface area contributed by atoms with Crippen molar-refractivity contribution in [1.29, 1.82) is 0 Å². The molecule has 2 N–H and O–H groups in total. The van der Waals surface area contributed by atoms with Crippen LogP contribution < -0.4 is 16.2 Å². The highest BCUT2D eigenvalue weighted by molar-refractivity contribution is 5.97. The predicted molar refractivity (Wildman–Crippen MR) is 82.5 cm³/mol. The molecule has 0 aliphatic carbocycles. The van der Waals surface area contributed by atoms with Crippen LogP contribution in [0.2, 0.25) is 0 Å². The number of aromatic nitrogens is 3. The van der Waals surface area contributed by atoms with E-state index in [1.165, 1.54) is 31.6 Å². The average molecular weight is 353 g/mol. The summed E-state index contributed by atoms with van der Waals surface area (Å²) >= 11 is 0. The van der Waals surface area contributed by atoms with Gasteiger partial charge in [-0.15, -0.1) is 0 Å². The van der Waals surface area contributed by atoms with E-state index in [1.54, 1.807) is 6.92 Å². The molecule has 0 aromatic carbocycles. The lowest BCUT2D eigenvalue weighted by atomic mass is 10.1. The third-order valence-corrected chi connectivity index (χ3v) is 3.87. The van der Waals surface area contributed by atoms with E-state index >= 15 is 0 Å². The van der Waals surface area contributed by atoms with E-state index in [4.69, 9.17) is 0 Å². The van der Waals surface area contributed by atoms with Gasteiger partial charge >= 0.3 is 6.18 Å². The molecule has 0 saturated heterocycles. The van der Waals surface area contributed by atoms with E-state index in [9.17, 15) is 22.8 Å². The number of alkyl halides is 3. The summed E-state index contributed by atoms with van der Waals surface area (Å²) in [4.78, 5) is 32.6. The molecule has 2 aromatic rings. The number of rotatable bonds is 3. The first-order valence-electron chi connectivity index (χ1n) is 7.30. The number of pyridine rings is 1. The summed E-state index contributed by atoms with van der Waals surface area (Å²) in [5, 5.41) is 5.03. The minimum atomic E-state index is -4.56. The van der Waals surface area contributed by atoms with Gasteiger partial charge in [0.25, 0.3) is 11.5 Å². The Balaban J connectivity index is 2.14. The van der Waals surface area contributed by atoms with E-state index in [0.29, 0.717) is 11.4 Å². The first-order chi connectivity index (χ1) is 11.6. The third kappa shape index (κ3) is 3.06. The molecule has 132 valence electrons. The van der Waals surface area contributed by atoms with Crippen LogP contribution in [0.1, 0.15) is 29.4 Å². The van der Waals surface area contributed by atoms with Crippen LogP contribution in [0.5, 0.6) is 0 Å². The maximum Gasteiger partial charge on any atom is 0.393 e. The Bertz CT molecular complexity index is 895. The molecule has 0 fully saturated rings. The minimum Gasteiger partial charge on any atom is -0.336 e. The van der Waals surface area contributed by atoms with Crippen molar-refractivity contribution < 1.29 is 18.0 Å². The van der Waals surface area contributed by atoms with Crippen LogP contribution in [-0.4, -0.2) is 26.6 Å². The van der Waals surface area contributed by atoms with Gasteiger partial charge in [0, 0.05) is 6.20 Å². The first-order valence-corrected chi connectivity index (χ1v) is 7.30. The van der Waals surface area contributed by atoms with E-state index in [0.717, 1.165) is 4.57 Å². The second-order valence-corrected chi connectivity index (χ2v) is 5.97. The lowest BCUT2D eigenvalue weighted by Gasteiger charge is -2.28. The van der Waals surface area contributed by atoms with Crippen molar-refractivity contribution in [1.82, 2.24) is 19.9 Å². The zero-order valence-electron chi connectivity index (χ0n) is 13.3. The van der Waals surface area contributed by atoms with Gasteiger partial charge in [-0.1, -0.05) is 0 Å². The molecule has 3 rings (SSSR count). The average Bonchev–Trinajstić information content (AvgIpc) is 2.74. The Morgan fingerprint density at radius 3 is 2.68 bits per heavy atom. The number of carbonyl (C=O) groups is 1. The van der Waals surface area contributed by atoms with E-state index in [-0.39, 0.29) is 11.4 Å². The molecule has 10 heteroatoms. The summed E-state index contributed by atoms with van der Waals surface area (Å²) < 4.78 is 39.7. The summed E-state index contributed by atoms with van der Waals surface area (Å²) in [6.45, 7) is 2.72. The number of fused-ring (bicyclic) bond motifs is 1. The van der Waals surface area contributed by atoms with Crippen LogP contribution in [-0.2, 0) is 5.66 Å². The molecule has 7 nitrogen and oxygen atoms in total. The van der Waals surface area contributed by atoms with E-state index < -0.39 is 29.7 Å². The molecule has 1 aliphatic rings. The number of hydrogen-bond acceptors (Lipinski definition) is 5. The van der Waals surface area contributed by atoms with Crippen LogP contribution in [0.15, 0.2) is 29.5 Å². The fourth-order valence-electron chi connectivity index (χ4n) is 2.96. The summed E-state index contributed by atoms with van der Waals surface area (Å²) in [6.07, 6.45) is -3.22. The SMILES string of the molecule is Cc1cc(Nc2ccncn2)c(=O)n2c1C(=O)NC2(C)CC(F)(F)F. The Labute approximate surface area is 139 Å². The van der Waals surface area contributed by atoms with Crippen molar-refractivity contribution >= 4 is 17.4 Å². The lowest BCUT2D eigenvalue weighted by Crippen LogP contribution is -2.48. The van der Waals surface area contributed by atoms with Gasteiger partial charge in [0.05, 0.1) is 6.42 Å². The number of amides is 1. The molecule has 2 aromatic heterocycles. The maximum absolute atomic E-state index is 13.0. The second-order valence-electron chi connectivity index (χ2n) is 5.97. The van der Waals surface area contributed by atoms with Crippen molar-refractivity contribution in [3.63, 3.8) is 0 Å². The molecule has 1 amide bonds. The van der Waals surface area contributed by atoms with Crippen molar-refractivity contribution in [3.8, 4) is 0 Å². The number of anilines is 2. The highest BCUT2D eigenvalue weighted by Crippen LogP contribution is 2.35. The van der Waals surface area contributed by atoms with Crippen LogP contribution in [0.25, 0.3) is 0 Å². The quantitative estimate of drug-likeness (QED) is 0.882. The number of nitrogens with one attached hydrogen (secondary N) is 2. The Hall–Kier alpha value is -2.91. The molecular formula is C15H14F3N5O2. The van der Waals surface area contributed by atoms with Crippen LogP contribution >= 0.6 is 0 Å². The number of aryl methyl sites for hydroxylation is 1. The summed E-state index contributed by atoms with van der Waals surface area (Å²) in [6, 6.07) is 2.92. The third-order valence-electron chi connectivity index (χ3n) is 3.87. The van der Waals surface area contributed by atoms with Gasteiger partial charge in [0.1, 0.15) is 29.2 Å².